The molecule has 1 aliphatic rings. The third-order valence-corrected chi connectivity index (χ3v) is 6.48. The molecule has 3 atom stereocenters. The summed E-state index contributed by atoms with van der Waals surface area (Å²) in [6, 6.07) is 6.63. The number of hydrogen-bond donors (Lipinski definition) is 3. The molecule has 0 bridgehead atoms. The van der Waals surface area contributed by atoms with Crippen LogP contribution < -0.4 is 10.4 Å². The second-order valence-electron chi connectivity index (χ2n) is 6.76. The summed E-state index contributed by atoms with van der Waals surface area (Å²) in [7, 11) is -3.90. The number of carbonyl (C=O) groups excluding carboxylic acids is 2. The fourth-order valence-corrected chi connectivity index (χ4v) is 3.59. The normalized spacial score (nSPS) is 19.8. The van der Waals surface area contributed by atoms with Gasteiger partial charge in [-0.2, -0.15) is 0 Å². The van der Waals surface area contributed by atoms with Crippen molar-refractivity contribution in [1.29, 1.82) is 0 Å². The highest BCUT2D eigenvalue weighted by atomic mass is 32.2. The van der Waals surface area contributed by atoms with Gasteiger partial charge in [-0.1, -0.05) is 11.8 Å². The van der Waals surface area contributed by atoms with Crippen LogP contribution in [0, 0.1) is 11.8 Å². The lowest BCUT2D eigenvalue weighted by Crippen LogP contribution is -2.51. The van der Waals surface area contributed by atoms with Gasteiger partial charge in [-0.25, -0.2) is 18.7 Å². The van der Waals surface area contributed by atoms with Crippen LogP contribution in [0.1, 0.15) is 25.8 Å². The highest BCUT2D eigenvalue weighted by molar-refractivity contribution is 7.92. The molecule has 2 rings (SSSR count). The highest BCUT2D eigenvalue weighted by Crippen LogP contribution is 2.30. The van der Waals surface area contributed by atoms with E-state index < -0.39 is 38.8 Å². The van der Waals surface area contributed by atoms with Crippen LogP contribution in [0.2, 0.25) is 0 Å². The maximum Gasteiger partial charge on any atom is 0.414 e. The van der Waals surface area contributed by atoms with Crippen LogP contribution in [-0.4, -0.2) is 60.5 Å². The van der Waals surface area contributed by atoms with Gasteiger partial charge in [0.05, 0.1) is 6.54 Å². The summed E-state index contributed by atoms with van der Waals surface area (Å²) in [5, 5.41) is 18.1. The number of nitrogens with zero attached hydrogens (tertiary/aromatic N) is 1. The van der Waals surface area contributed by atoms with Crippen molar-refractivity contribution < 1.29 is 33.1 Å². The fourth-order valence-electron chi connectivity index (χ4n) is 2.72. The van der Waals surface area contributed by atoms with Crippen LogP contribution in [0.25, 0.3) is 0 Å². The molecule has 1 saturated heterocycles. The minimum absolute atomic E-state index is 0.0430. The SMILES string of the molecule is CC(O)C#Cc1ccc(N2C[C@H](C[C@](C)(C(=O)NO)S(C)(=O)=O)OC2=O)cc1. The van der Waals surface area contributed by atoms with Gasteiger partial charge in [0.1, 0.15) is 12.2 Å². The zero-order chi connectivity index (χ0) is 21.1. The molecule has 10 heteroatoms. The number of cyclic esters (lactones) is 1. The van der Waals surface area contributed by atoms with Crippen molar-refractivity contribution in [3.8, 4) is 11.8 Å². The lowest BCUT2D eigenvalue weighted by atomic mass is 10.0. The maximum atomic E-state index is 12.2. The Morgan fingerprint density at radius 1 is 1.43 bits per heavy atom. The molecule has 9 nitrogen and oxygen atoms in total. The van der Waals surface area contributed by atoms with Gasteiger partial charge < -0.3 is 9.84 Å². The van der Waals surface area contributed by atoms with Crippen molar-refractivity contribution in [3.63, 3.8) is 0 Å². The number of nitrogens with one attached hydrogen (secondary N) is 1. The standard InChI is InChI=1S/C18H22N2O7S/c1-12(21)4-5-13-6-8-14(9-7-13)20-11-15(27-17(20)23)10-18(2,16(22)19-24)28(3,25)26/h6-9,12,15,21,24H,10-11H2,1-3H3,(H,19,22)/t12?,15-,18+/m0/s1. The Bertz CT molecular complexity index is 915. The van der Waals surface area contributed by atoms with Gasteiger partial charge in [-0.3, -0.25) is 14.9 Å². The second kappa shape index (κ2) is 8.18. The number of aliphatic hydroxyl groups is 1. The monoisotopic (exact) mass is 410 g/mol. The molecule has 1 aromatic rings. The van der Waals surface area contributed by atoms with E-state index in [2.05, 4.69) is 11.8 Å². The Morgan fingerprint density at radius 2 is 2.04 bits per heavy atom. The summed E-state index contributed by atoms with van der Waals surface area (Å²) in [6.07, 6.45) is -1.72. The first-order valence-corrected chi connectivity index (χ1v) is 10.3. The van der Waals surface area contributed by atoms with Gasteiger partial charge in [0.2, 0.25) is 0 Å². The predicted molar refractivity (Wildman–Crippen MR) is 100 cm³/mol. The number of aliphatic hydroxyl groups excluding tert-OH is 1. The van der Waals surface area contributed by atoms with Gasteiger partial charge in [-0.15, -0.1) is 0 Å². The lowest BCUT2D eigenvalue weighted by molar-refractivity contribution is -0.132. The molecule has 1 fully saturated rings. The van der Waals surface area contributed by atoms with E-state index in [-0.39, 0.29) is 13.0 Å². The van der Waals surface area contributed by atoms with Crippen LogP contribution in [0.4, 0.5) is 10.5 Å². The molecule has 0 spiro atoms. The number of hydroxylamine groups is 1. The highest BCUT2D eigenvalue weighted by Gasteiger charge is 2.48. The van der Waals surface area contributed by atoms with E-state index in [0.717, 1.165) is 6.26 Å². The average Bonchev–Trinajstić information content (AvgIpc) is 2.98. The molecule has 0 saturated carbocycles. The van der Waals surface area contributed by atoms with Gasteiger partial charge in [0, 0.05) is 23.9 Å². The predicted octanol–water partition coefficient (Wildman–Crippen LogP) is 0.443. The van der Waals surface area contributed by atoms with Crippen molar-refractivity contribution in [1.82, 2.24) is 5.48 Å². The molecule has 0 radical (unpaired) electrons. The van der Waals surface area contributed by atoms with Crippen molar-refractivity contribution in [3.05, 3.63) is 29.8 Å². The number of anilines is 1. The first-order chi connectivity index (χ1) is 13.0. The van der Waals surface area contributed by atoms with Crippen LogP contribution in [-0.2, 0) is 19.4 Å². The Kier molecular flexibility index (Phi) is 6.34. The van der Waals surface area contributed by atoms with E-state index in [1.165, 1.54) is 17.3 Å². The van der Waals surface area contributed by atoms with Crippen LogP contribution in [0.15, 0.2) is 24.3 Å². The smallest absolute Gasteiger partial charge is 0.414 e. The zero-order valence-corrected chi connectivity index (χ0v) is 16.5. The minimum atomic E-state index is -3.90. The number of ether oxygens (including phenoxy) is 1. The van der Waals surface area contributed by atoms with E-state index in [1.807, 2.05) is 0 Å². The largest absolute Gasteiger partial charge is 0.444 e. The molecular weight excluding hydrogens is 388 g/mol. The van der Waals surface area contributed by atoms with E-state index in [1.54, 1.807) is 31.2 Å². The molecule has 28 heavy (non-hydrogen) atoms. The third-order valence-electron chi connectivity index (χ3n) is 4.50. The number of benzene rings is 1. The van der Waals surface area contributed by atoms with Crippen LogP contribution >= 0.6 is 0 Å². The average molecular weight is 410 g/mol. The van der Waals surface area contributed by atoms with Crippen LogP contribution in [0.3, 0.4) is 0 Å². The number of rotatable bonds is 5. The first kappa shape index (κ1) is 21.7. The lowest BCUT2D eigenvalue weighted by Gasteiger charge is -2.26. The molecule has 152 valence electrons. The summed E-state index contributed by atoms with van der Waals surface area (Å²) in [5.74, 6) is 4.29. The number of carbonyl (C=O) groups is 2. The molecule has 1 heterocycles. The molecule has 2 amide bonds. The van der Waals surface area contributed by atoms with Crippen molar-refractivity contribution in [2.24, 2.45) is 0 Å². The van der Waals surface area contributed by atoms with Crippen molar-refractivity contribution in [2.75, 3.05) is 17.7 Å². The van der Waals surface area contributed by atoms with Crippen LogP contribution in [0.5, 0.6) is 0 Å². The molecule has 1 aromatic carbocycles. The van der Waals surface area contributed by atoms with E-state index in [4.69, 9.17) is 9.94 Å². The molecule has 3 N–H and O–H groups in total. The van der Waals surface area contributed by atoms with E-state index >= 15 is 0 Å². The Hall–Kier alpha value is -2.61. The first-order valence-electron chi connectivity index (χ1n) is 8.40. The van der Waals surface area contributed by atoms with Gasteiger partial charge in [0.15, 0.2) is 14.6 Å². The van der Waals surface area contributed by atoms with E-state index in [9.17, 15) is 23.1 Å². The minimum Gasteiger partial charge on any atom is -0.444 e. The van der Waals surface area contributed by atoms with Gasteiger partial charge in [0.25, 0.3) is 5.91 Å². The van der Waals surface area contributed by atoms with Gasteiger partial charge >= 0.3 is 6.09 Å². The van der Waals surface area contributed by atoms with Gasteiger partial charge in [-0.05, 0) is 38.1 Å². The summed E-state index contributed by atoms with van der Waals surface area (Å²) in [6.45, 7) is 2.75. The summed E-state index contributed by atoms with van der Waals surface area (Å²) in [4.78, 5) is 25.4. The zero-order valence-electron chi connectivity index (χ0n) is 15.7. The molecule has 0 aromatic heterocycles. The molecule has 0 aliphatic carbocycles. The molecular formula is C18H22N2O7S. The fraction of sp³-hybridized carbons (Fsp3) is 0.444. The molecule has 1 unspecified atom stereocenters. The second-order valence-corrected chi connectivity index (χ2v) is 9.20. The van der Waals surface area contributed by atoms with Crippen molar-refractivity contribution in [2.45, 2.75) is 37.2 Å². The van der Waals surface area contributed by atoms with Crippen molar-refractivity contribution >= 4 is 27.5 Å². The summed E-state index contributed by atoms with van der Waals surface area (Å²) >= 11 is 0. The Labute approximate surface area is 163 Å². The number of hydrogen-bond acceptors (Lipinski definition) is 7. The number of amides is 2. The molecule has 1 aliphatic heterocycles. The summed E-state index contributed by atoms with van der Waals surface area (Å²) in [5.41, 5.74) is 2.53. The number of sulfone groups is 1. The third kappa shape index (κ3) is 4.62. The summed E-state index contributed by atoms with van der Waals surface area (Å²) < 4.78 is 27.4. The Morgan fingerprint density at radius 3 is 2.54 bits per heavy atom. The topological polar surface area (TPSA) is 133 Å². The quantitative estimate of drug-likeness (QED) is 0.364. The Balaban J connectivity index is 2.17. The van der Waals surface area contributed by atoms with E-state index in [0.29, 0.717) is 11.3 Å². The maximum absolute atomic E-state index is 12.2.